The summed E-state index contributed by atoms with van der Waals surface area (Å²) in [4.78, 5) is 96.4. The number of benzene rings is 2. The molecule has 0 spiro atoms. The van der Waals surface area contributed by atoms with Gasteiger partial charge in [0.25, 0.3) is 5.91 Å². The Hall–Kier alpha value is -6.94. The van der Waals surface area contributed by atoms with Crippen molar-refractivity contribution in [1.82, 2.24) is 45.4 Å². The number of thiazole rings is 2. The summed E-state index contributed by atoms with van der Waals surface area (Å²) in [6, 6.07) is 13.6. The van der Waals surface area contributed by atoms with Crippen LogP contribution in [0.1, 0.15) is 86.6 Å². The molecule has 0 unspecified atom stereocenters. The Kier molecular flexibility index (Phi) is 15.9. The highest BCUT2D eigenvalue weighted by Crippen LogP contribution is 2.33. The molecular formula is C53H62N12O7S2. The average molecular weight is 1040 g/mol. The first kappa shape index (κ1) is 51.9. The third-order valence-corrected chi connectivity index (χ3v) is 15.6. The Balaban J connectivity index is 0.741. The minimum atomic E-state index is -1.03. The lowest BCUT2D eigenvalue weighted by Gasteiger charge is -2.35. The van der Waals surface area contributed by atoms with Crippen LogP contribution in [-0.2, 0) is 25.7 Å². The number of carbonyl (C=O) groups is 5. The number of anilines is 3. The van der Waals surface area contributed by atoms with E-state index < -0.39 is 41.5 Å². The molecule has 9 rings (SSSR count). The van der Waals surface area contributed by atoms with E-state index in [1.807, 2.05) is 98.5 Å². The van der Waals surface area contributed by atoms with E-state index in [4.69, 9.17) is 4.74 Å². The average Bonchev–Trinajstić information content (AvgIpc) is 4.13. The van der Waals surface area contributed by atoms with Crippen molar-refractivity contribution in [3.05, 3.63) is 95.1 Å². The second kappa shape index (κ2) is 22.7. The second-order valence-corrected chi connectivity index (χ2v) is 22.2. The molecule has 19 nitrogen and oxygen atoms in total. The number of aliphatic hydroxyl groups is 1. The lowest BCUT2D eigenvalue weighted by Crippen LogP contribution is -2.57. The summed E-state index contributed by atoms with van der Waals surface area (Å²) in [7, 11) is 0. The van der Waals surface area contributed by atoms with Crippen LogP contribution in [0.25, 0.3) is 31.8 Å². The van der Waals surface area contributed by atoms with Gasteiger partial charge in [0.15, 0.2) is 5.13 Å². The Labute approximate surface area is 437 Å². The van der Waals surface area contributed by atoms with Crippen molar-refractivity contribution < 1.29 is 33.8 Å². The van der Waals surface area contributed by atoms with Gasteiger partial charge in [0, 0.05) is 69.8 Å². The molecular weight excluding hydrogens is 981 g/mol. The van der Waals surface area contributed by atoms with E-state index in [1.54, 1.807) is 17.5 Å². The fourth-order valence-corrected chi connectivity index (χ4v) is 11.2. The smallest absolute Gasteiger partial charge is 0.411 e. The van der Waals surface area contributed by atoms with Crippen molar-refractivity contribution in [3.63, 3.8) is 0 Å². The maximum absolute atomic E-state index is 14.2. The maximum atomic E-state index is 14.2. The Morgan fingerprint density at radius 1 is 0.838 bits per heavy atom. The molecule has 74 heavy (non-hydrogen) atoms. The number of aliphatic hydroxyl groups excluding tert-OH is 1. The van der Waals surface area contributed by atoms with Crippen LogP contribution in [0.4, 0.5) is 21.6 Å². The van der Waals surface area contributed by atoms with E-state index in [9.17, 15) is 29.1 Å². The zero-order chi connectivity index (χ0) is 52.1. The van der Waals surface area contributed by atoms with Crippen LogP contribution in [0, 0.1) is 19.3 Å². The maximum Gasteiger partial charge on any atom is 0.411 e. The van der Waals surface area contributed by atoms with Crippen LogP contribution in [0.15, 0.2) is 72.6 Å². The predicted octanol–water partition coefficient (Wildman–Crippen LogP) is 6.95. The summed E-state index contributed by atoms with van der Waals surface area (Å²) in [5.41, 5.74) is 7.83. The van der Waals surface area contributed by atoms with Crippen molar-refractivity contribution in [2.24, 2.45) is 5.41 Å². The molecule has 5 N–H and O–H groups in total. The molecule has 1 aliphatic carbocycles. The van der Waals surface area contributed by atoms with E-state index in [1.165, 1.54) is 35.1 Å². The van der Waals surface area contributed by atoms with Gasteiger partial charge >= 0.3 is 6.09 Å². The number of β-amino-alcohol motifs (C(OH)–C–C–N with tert-alkyl or cyclic N) is 1. The number of aromatic nitrogens is 5. The normalized spacial score (nSPS) is 18.0. The molecule has 6 aromatic rings. The number of piperazine rings is 1. The fourth-order valence-electron chi connectivity index (χ4n) is 9.51. The fraction of sp³-hybridized carbons (Fsp3) is 0.434. The minimum absolute atomic E-state index is 0.0427. The minimum Gasteiger partial charge on any atom is -0.446 e. The van der Waals surface area contributed by atoms with E-state index in [0.29, 0.717) is 48.6 Å². The Morgan fingerprint density at radius 2 is 1.57 bits per heavy atom. The summed E-state index contributed by atoms with van der Waals surface area (Å²) in [5, 5.41) is 22.8. The number of nitrogens with one attached hydrogen (secondary N) is 4. The third kappa shape index (κ3) is 12.5. The van der Waals surface area contributed by atoms with E-state index >= 15 is 0 Å². The first-order valence-corrected chi connectivity index (χ1v) is 26.7. The molecule has 3 atom stereocenters. The zero-order valence-corrected chi connectivity index (χ0v) is 43.9. The number of fused-ring (bicyclic) bond motifs is 1. The molecule has 1 saturated carbocycles. The highest BCUT2D eigenvalue weighted by molar-refractivity contribution is 7.22. The zero-order valence-electron chi connectivity index (χ0n) is 42.2. The van der Waals surface area contributed by atoms with Gasteiger partial charge in [-0.15, -0.1) is 11.3 Å². The molecule has 2 saturated heterocycles. The monoisotopic (exact) mass is 1040 g/mol. The van der Waals surface area contributed by atoms with E-state index in [2.05, 4.69) is 46.2 Å². The number of aryl methyl sites for hydroxylation is 2. The molecule has 21 heteroatoms. The molecule has 4 aromatic heterocycles. The quantitative estimate of drug-likeness (QED) is 0.0743. The summed E-state index contributed by atoms with van der Waals surface area (Å²) >= 11 is 2.95. The summed E-state index contributed by atoms with van der Waals surface area (Å²) in [5.74, 6) is -1.16. The van der Waals surface area contributed by atoms with Gasteiger partial charge < -0.3 is 35.6 Å². The lowest BCUT2D eigenvalue weighted by atomic mass is 9.85. The van der Waals surface area contributed by atoms with Gasteiger partial charge in [-0.2, -0.15) is 0 Å². The SMILES string of the molecule is Cc1ncc(-c2ccc3nc(NC(=O)CN4CCN(c5ncc(C(=O)N[C@H](C(=O)N6C[C@H](O)C[C@H]6C(=O)NCc6ccc(-c7scnc7C)cc6)C(C)(C)C)cn5)CC4)sc3c2)cc1NC(=O)OC1CCCCC1. The summed E-state index contributed by atoms with van der Waals surface area (Å²) in [6.07, 6.45) is 8.35. The second-order valence-electron chi connectivity index (χ2n) is 20.3. The number of pyridine rings is 1. The van der Waals surface area contributed by atoms with Crippen molar-refractivity contribution >= 4 is 79.4 Å². The van der Waals surface area contributed by atoms with Gasteiger partial charge in [0.1, 0.15) is 18.2 Å². The third-order valence-electron chi connectivity index (χ3n) is 13.7. The van der Waals surface area contributed by atoms with Crippen molar-refractivity contribution in [2.75, 3.05) is 54.8 Å². The van der Waals surface area contributed by atoms with Gasteiger partial charge in [-0.25, -0.2) is 24.7 Å². The van der Waals surface area contributed by atoms with Gasteiger partial charge in [-0.1, -0.05) is 68.9 Å². The molecule has 3 fully saturated rings. The van der Waals surface area contributed by atoms with Gasteiger partial charge in [0.2, 0.25) is 23.7 Å². The van der Waals surface area contributed by atoms with Gasteiger partial charge in [-0.05, 0) is 79.8 Å². The van der Waals surface area contributed by atoms with Gasteiger partial charge in [-0.3, -0.25) is 34.4 Å². The summed E-state index contributed by atoms with van der Waals surface area (Å²) in [6.45, 7) is 11.9. The Morgan fingerprint density at radius 3 is 2.27 bits per heavy atom. The molecule has 3 aliphatic rings. The number of carbonyl (C=O) groups excluding carboxylic acids is 5. The molecule has 6 heterocycles. The van der Waals surface area contributed by atoms with Crippen LogP contribution < -0.4 is 26.2 Å². The van der Waals surface area contributed by atoms with Crippen LogP contribution in [0.5, 0.6) is 0 Å². The molecule has 2 aliphatic heterocycles. The van der Waals surface area contributed by atoms with Crippen LogP contribution in [0.2, 0.25) is 0 Å². The van der Waals surface area contributed by atoms with E-state index in [-0.39, 0.29) is 49.5 Å². The Bertz CT molecular complexity index is 3000. The highest BCUT2D eigenvalue weighted by atomic mass is 32.1. The molecule has 2 aromatic carbocycles. The number of amides is 5. The topological polar surface area (TPSA) is 237 Å². The number of hydrogen-bond donors (Lipinski definition) is 5. The van der Waals surface area contributed by atoms with Crippen LogP contribution in [-0.4, -0.2) is 133 Å². The van der Waals surface area contributed by atoms with Crippen LogP contribution in [0.3, 0.4) is 0 Å². The van der Waals surface area contributed by atoms with E-state index in [0.717, 1.165) is 68.7 Å². The molecule has 5 amide bonds. The molecule has 0 bridgehead atoms. The highest BCUT2D eigenvalue weighted by Gasteiger charge is 2.44. The number of likely N-dealkylation sites (tertiary alicyclic amines) is 1. The number of hydrogen-bond acceptors (Lipinski definition) is 16. The number of rotatable bonds is 14. The standard InChI is InChI=1S/C53H62N12O7S2/c1-31-41(60-52(71)72-39-9-7-6-8-10-39)21-36(25-54-31)35-15-16-40-43(22-35)74-51(59-40)61-44(67)29-63-17-19-64(20-18-63)50-56-26-37(27-57-50)47(68)62-46(53(3,4)5)49(70)65-28-38(66)23-42(65)48(69)55-24-33-11-13-34(14-12-33)45-32(2)58-30-73-45/h11-16,21-22,25-27,30,38-39,42,46,66H,6-10,17-20,23-24,28-29H2,1-5H3,(H,55,69)(H,60,71)(H,62,68)(H,59,61,67)/t38-,42+,46-/m1/s1. The first-order chi connectivity index (χ1) is 35.5. The molecule has 0 radical (unpaired) electrons. The predicted molar refractivity (Wildman–Crippen MR) is 285 cm³/mol. The van der Waals surface area contributed by atoms with Crippen molar-refractivity contribution in [1.29, 1.82) is 0 Å². The lowest BCUT2D eigenvalue weighted by molar-refractivity contribution is -0.142. The molecule has 388 valence electrons. The largest absolute Gasteiger partial charge is 0.446 e. The summed E-state index contributed by atoms with van der Waals surface area (Å²) < 4.78 is 6.55. The van der Waals surface area contributed by atoms with Crippen molar-refractivity contribution in [2.45, 2.75) is 104 Å². The van der Waals surface area contributed by atoms with Crippen molar-refractivity contribution in [3.8, 4) is 21.6 Å². The first-order valence-electron chi connectivity index (χ1n) is 25.1. The van der Waals surface area contributed by atoms with Gasteiger partial charge in [0.05, 0.1) is 55.9 Å². The number of nitrogens with zero attached hydrogens (tertiary/aromatic N) is 8. The van der Waals surface area contributed by atoms with Crippen LogP contribution >= 0.6 is 22.7 Å². The number of ether oxygens (including phenoxy) is 1.